The molecule has 0 fully saturated rings. The molecule has 0 aliphatic rings. The molecule has 0 saturated heterocycles. The number of benzene rings is 2. The molecule has 39 heavy (non-hydrogen) atoms. The smallest absolute Gasteiger partial charge is 0.374 e. The van der Waals surface area contributed by atoms with E-state index in [1.807, 2.05) is 20.8 Å². The minimum Gasteiger partial charge on any atom is -0.374 e. The molecule has 0 radical (unpaired) electrons. The maximum absolute atomic E-state index is 6.13. The van der Waals surface area contributed by atoms with Crippen LogP contribution in [0.3, 0.4) is 0 Å². The Labute approximate surface area is 239 Å². The lowest BCUT2D eigenvalue weighted by molar-refractivity contribution is 0.0661. The van der Waals surface area contributed by atoms with Crippen molar-refractivity contribution in [3.8, 4) is 24.7 Å². The van der Waals surface area contributed by atoms with E-state index in [4.69, 9.17) is 26.1 Å². The van der Waals surface area contributed by atoms with Gasteiger partial charge in [0.25, 0.3) is 0 Å². The number of unbranched alkanes of at least 4 members (excludes halogenated alkanes) is 1. The molecule has 2 aromatic carbocycles. The Morgan fingerprint density at radius 1 is 0.667 bits per heavy atom. The van der Waals surface area contributed by atoms with E-state index in [0.717, 1.165) is 38.4 Å². The average molecular weight is 549 g/mol. The van der Waals surface area contributed by atoms with Gasteiger partial charge in [0, 0.05) is 25.9 Å². The summed E-state index contributed by atoms with van der Waals surface area (Å²) in [6, 6.07) is 22.2. The normalized spacial score (nSPS) is 13.2. The Morgan fingerprint density at radius 2 is 1.08 bits per heavy atom. The summed E-state index contributed by atoms with van der Waals surface area (Å²) in [7, 11) is -2.76. The lowest BCUT2D eigenvalue weighted by Gasteiger charge is -2.42. The second-order valence-electron chi connectivity index (χ2n) is 9.50. The van der Waals surface area contributed by atoms with Crippen LogP contribution in [-0.4, -0.2) is 64.6 Å². The van der Waals surface area contributed by atoms with Gasteiger partial charge in [-0.05, 0) is 57.8 Å². The molecule has 0 saturated carbocycles. The summed E-state index contributed by atoms with van der Waals surface area (Å²) in [5.74, 6) is 5.88. The highest BCUT2D eigenvalue weighted by molar-refractivity contribution is 6.60. The summed E-state index contributed by atoms with van der Waals surface area (Å²) in [5.41, 5.74) is 2.46. The average Bonchev–Trinajstić information content (AvgIpc) is 2.95. The van der Waals surface area contributed by atoms with Crippen molar-refractivity contribution in [2.24, 2.45) is 0 Å². The first-order valence-corrected chi connectivity index (χ1v) is 16.4. The summed E-state index contributed by atoms with van der Waals surface area (Å²) < 4.78 is 18.4. The molecule has 0 spiro atoms. The lowest BCUT2D eigenvalue weighted by Crippen LogP contribution is -2.47. The highest BCUT2D eigenvalue weighted by Crippen LogP contribution is 2.39. The third kappa shape index (κ3) is 10.2. The summed E-state index contributed by atoms with van der Waals surface area (Å²) in [6.45, 7) is 12.7. The van der Waals surface area contributed by atoms with Crippen molar-refractivity contribution < 1.29 is 13.3 Å². The van der Waals surface area contributed by atoms with E-state index in [-0.39, 0.29) is 12.1 Å². The first-order chi connectivity index (χ1) is 19.1. The van der Waals surface area contributed by atoms with Crippen LogP contribution in [0.5, 0.6) is 0 Å². The zero-order valence-corrected chi connectivity index (χ0v) is 25.5. The molecule has 2 aromatic rings. The molecular weight excluding hydrogens is 500 g/mol. The zero-order chi connectivity index (χ0) is 28.3. The van der Waals surface area contributed by atoms with Crippen LogP contribution in [0.2, 0.25) is 6.04 Å². The number of hydrogen-bond donors (Lipinski definition) is 0. The van der Waals surface area contributed by atoms with Crippen LogP contribution in [-0.2, 0) is 13.3 Å². The standard InChI is InChI=1S/C33H48N2O3Si/c1-7-13-27-34(25-8-2)32(30-21-16-14-17-22-30)33(31-23-18-15-19-24-31)35(26-9-3)28-20-29-39(36-10-4,37-11-5)38-12-6/h2-3,14-19,21-24,32-33H,7,10-13,20,25-29H2,1,4-6H3/t32-,33-/m1/s1. The highest BCUT2D eigenvalue weighted by Gasteiger charge is 2.40. The van der Waals surface area contributed by atoms with Gasteiger partial charge in [-0.3, -0.25) is 9.80 Å². The topological polar surface area (TPSA) is 34.2 Å². The summed E-state index contributed by atoms with van der Waals surface area (Å²) in [6.07, 6.45) is 15.0. The van der Waals surface area contributed by atoms with Crippen LogP contribution in [0.4, 0.5) is 0 Å². The maximum Gasteiger partial charge on any atom is 0.500 e. The van der Waals surface area contributed by atoms with Gasteiger partial charge >= 0.3 is 8.80 Å². The van der Waals surface area contributed by atoms with Crippen molar-refractivity contribution in [1.29, 1.82) is 0 Å². The highest BCUT2D eigenvalue weighted by atomic mass is 28.4. The van der Waals surface area contributed by atoms with Gasteiger partial charge < -0.3 is 13.3 Å². The van der Waals surface area contributed by atoms with E-state index in [1.165, 1.54) is 11.1 Å². The van der Waals surface area contributed by atoms with Gasteiger partial charge in [-0.25, -0.2) is 0 Å². The van der Waals surface area contributed by atoms with Gasteiger partial charge in [0.1, 0.15) is 0 Å². The molecule has 0 aliphatic heterocycles. The fourth-order valence-corrected chi connectivity index (χ4v) is 7.81. The molecular formula is C33H48N2O3Si. The van der Waals surface area contributed by atoms with E-state index in [1.54, 1.807) is 0 Å². The maximum atomic E-state index is 6.13. The Kier molecular flexibility index (Phi) is 15.8. The van der Waals surface area contributed by atoms with Crippen molar-refractivity contribution in [3.05, 3.63) is 71.8 Å². The van der Waals surface area contributed by atoms with Crippen LogP contribution >= 0.6 is 0 Å². The van der Waals surface area contributed by atoms with Gasteiger partial charge in [0.05, 0.1) is 25.2 Å². The van der Waals surface area contributed by atoms with Crippen LogP contribution in [0.15, 0.2) is 60.7 Å². The van der Waals surface area contributed by atoms with Crippen LogP contribution in [0.1, 0.15) is 70.2 Å². The molecule has 0 aromatic heterocycles. The van der Waals surface area contributed by atoms with Crippen molar-refractivity contribution in [2.75, 3.05) is 46.0 Å². The Hall–Kier alpha value is -2.42. The molecule has 212 valence electrons. The van der Waals surface area contributed by atoms with Gasteiger partial charge in [0.15, 0.2) is 0 Å². The van der Waals surface area contributed by atoms with Gasteiger partial charge in [-0.15, -0.1) is 12.8 Å². The second-order valence-corrected chi connectivity index (χ2v) is 12.2. The van der Waals surface area contributed by atoms with E-state index < -0.39 is 8.80 Å². The molecule has 0 bridgehead atoms. The fourth-order valence-electron chi connectivity index (χ4n) is 5.21. The second kappa shape index (κ2) is 18.8. The summed E-state index contributed by atoms with van der Waals surface area (Å²) in [5, 5.41) is 0. The molecule has 2 atom stereocenters. The van der Waals surface area contributed by atoms with Crippen molar-refractivity contribution in [3.63, 3.8) is 0 Å². The quantitative estimate of drug-likeness (QED) is 0.138. The van der Waals surface area contributed by atoms with Crippen molar-refractivity contribution in [2.45, 2.75) is 65.1 Å². The third-order valence-electron chi connectivity index (χ3n) is 6.78. The molecule has 0 N–H and O–H groups in total. The predicted molar refractivity (Wildman–Crippen MR) is 164 cm³/mol. The SMILES string of the molecule is C#CCN(CCCC)[C@H](c1ccccc1)[C@@H](c1ccccc1)N(CC#C)CCC[Si](OCC)(OCC)OCC. The summed E-state index contributed by atoms with van der Waals surface area (Å²) in [4.78, 5) is 4.87. The third-order valence-corrected chi connectivity index (χ3v) is 9.93. The largest absolute Gasteiger partial charge is 0.500 e. The van der Waals surface area contributed by atoms with Crippen LogP contribution in [0.25, 0.3) is 0 Å². The number of hydrogen-bond acceptors (Lipinski definition) is 5. The van der Waals surface area contributed by atoms with Crippen LogP contribution < -0.4 is 0 Å². The monoisotopic (exact) mass is 548 g/mol. The van der Waals surface area contributed by atoms with E-state index >= 15 is 0 Å². The molecule has 0 amide bonds. The van der Waals surface area contributed by atoms with Crippen molar-refractivity contribution >= 4 is 8.80 Å². The number of terminal acetylenes is 2. The minimum absolute atomic E-state index is 0.0113. The molecule has 0 heterocycles. The summed E-state index contributed by atoms with van der Waals surface area (Å²) >= 11 is 0. The Balaban J connectivity index is 2.52. The Morgan fingerprint density at radius 3 is 1.44 bits per heavy atom. The molecule has 5 nitrogen and oxygen atoms in total. The first kappa shape index (κ1) is 32.8. The Bertz CT molecular complexity index is 972. The first-order valence-electron chi connectivity index (χ1n) is 14.5. The number of rotatable bonds is 20. The van der Waals surface area contributed by atoms with Gasteiger partial charge in [-0.1, -0.05) is 85.8 Å². The number of nitrogens with zero attached hydrogens (tertiary/aromatic N) is 2. The predicted octanol–water partition coefficient (Wildman–Crippen LogP) is 6.58. The van der Waals surface area contributed by atoms with Crippen molar-refractivity contribution in [1.82, 2.24) is 9.80 Å². The van der Waals surface area contributed by atoms with Gasteiger partial charge in [-0.2, -0.15) is 0 Å². The van der Waals surface area contributed by atoms with E-state index in [2.05, 4.69) is 89.2 Å². The zero-order valence-electron chi connectivity index (χ0n) is 24.5. The molecule has 0 unspecified atom stereocenters. The van der Waals surface area contributed by atoms with Crippen LogP contribution in [0, 0.1) is 24.7 Å². The minimum atomic E-state index is -2.76. The van der Waals surface area contributed by atoms with Gasteiger partial charge in [0.2, 0.25) is 0 Å². The van der Waals surface area contributed by atoms with E-state index in [0.29, 0.717) is 32.9 Å². The molecule has 2 rings (SSSR count). The van der Waals surface area contributed by atoms with E-state index in [9.17, 15) is 0 Å². The fraction of sp³-hybridized carbons (Fsp3) is 0.515. The molecule has 0 aliphatic carbocycles. The molecule has 6 heteroatoms. The lowest BCUT2D eigenvalue weighted by atomic mass is 9.90.